The number of hydrogen-bond donors (Lipinski definition) is 1. The number of pyridine rings is 1. The van der Waals surface area contributed by atoms with Gasteiger partial charge in [0.2, 0.25) is 6.10 Å². The smallest absolute Gasteiger partial charge is 0.410 e. The molecule has 1 N–H and O–H groups in total. The lowest BCUT2D eigenvalue weighted by Gasteiger charge is -2.68. The Morgan fingerprint density at radius 3 is 2.26 bits per heavy atom. The number of hydrogen-bond acceptors (Lipinski definition) is 15. The van der Waals surface area contributed by atoms with Gasteiger partial charge in [-0.05, 0) is 72.0 Å². The van der Waals surface area contributed by atoms with E-state index in [0.717, 1.165) is 17.0 Å². The van der Waals surface area contributed by atoms with E-state index >= 15 is 9.59 Å². The first-order valence-electron chi connectivity index (χ1n) is 23.8. The number of carbonyl (C=O) groups is 5. The summed E-state index contributed by atoms with van der Waals surface area (Å²) in [4.78, 5) is 78.6. The maximum Gasteiger partial charge on any atom is 0.410 e. The molecule has 69 heavy (non-hydrogen) atoms. The van der Waals surface area contributed by atoms with Crippen LogP contribution in [0.5, 0.6) is 0 Å². The van der Waals surface area contributed by atoms with Crippen LogP contribution in [0.25, 0.3) is 0 Å². The molecule has 0 radical (unpaired) electrons. The molecule has 2 aromatic carbocycles. The molecule has 4 aliphatic rings. The number of aromatic nitrogens is 1. The van der Waals surface area contributed by atoms with Gasteiger partial charge in [0.25, 0.3) is 0 Å². The Morgan fingerprint density at radius 1 is 0.971 bits per heavy atom. The number of carbonyl (C=O) groups excluding carboxylic acids is 5. The Kier molecular flexibility index (Phi) is 16.1. The third-order valence-corrected chi connectivity index (χ3v) is 17.5. The number of unbranched alkanes of at least 4 members (excludes halogenated alkanes) is 1. The van der Waals surface area contributed by atoms with Gasteiger partial charge in [-0.1, -0.05) is 106 Å². The molecule has 2 saturated carbocycles. The zero-order valence-electron chi connectivity index (χ0n) is 41.0. The van der Waals surface area contributed by atoms with Gasteiger partial charge in [-0.2, -0.15) is 0 Å². The highest BCUT2D eigenvalue weighted by Gasteiger charge is 2.78. The summed E-state index contributed by atoms with van der Waals surface area (Å²) in [7, 11) is 4.56. The summed E-state index contributed by atoms with van der Waals surface area (Å²) in [5.74, 6) is -4.81. The molecule has 1 aromatic heterocycles. The van der Waals surface area contributed by atoms with E-state index in [1.807, 2.05) is 55.5 Å². The molecule has 14 nitrogen and oxygen atoms in total. The second-order valence-electron chi connectivity index (χ2n) is 19.5. The first-order valence-corrected chi connectivity index (χ1v) is 26.2. The fraction of sp³-hybridized carbons (Fsp3) is 0.547. The van der Waals surface area contributed by atoms with Crippen molar-refractivity contribution in [3.8, 4) is 0 Å². The Bertz CT molecular complexity index is 2370. The molecule has 3 unspecified atom stereocenters. The average molecular weight is 987 g/mol. The third-order valence-electron chi connectivity index (χ3n) is 15.2. The van der Waals surface area contributed by atoms with Crippen molar-refractivity contribution >= 4 is 51.4 Å². The molecule has 1 saturated heterocycles. The highest BCUT2D eigenvalue weighted by atomic mass is 33.1. The predicted molar refractivity (Wildman–Crippen MR) is 261 cm³/mol. The molecule has 2 heterocycles. The highest BCUT2D eigenvalue weighted by molar-refractivity contribution is 8.76. The maximum absolute atomic E-state index is 15.7. The summed E-state index contributed by atoms with van der Waals surface area (Å²) in [5.41, 5.74) is -4.54. The van der Waals surface area contributed by atoms with E-state index in [2.05, 4.69) is 4.98 Å². The molecular weight excluding hydrogens is 921 g/mol. The van der Waals surface area contributed by atoms with Crippen LogP contribution in [0.15, 0.2) is 101 Å². The number of aliphatic hydroxyl groups is 1. The average Bonchev–Trinajstić information content (AvgIpc) is 3.33. The van der Waals surface area contributed by atoms with Gasteiger partial charge in [0.1, 0.15) is 34.7 Å². The van der Waals surface area contributed by atoms with E-state index in [9.17, 15) is 19.5 Å². The van der Waals surface area contributed by atoms with Crippen LogP contribution >= 0.6 is 21.6 Å². The molecule has 16 heteroatoms. The number of benzene rings is 2. The van der Waals surface area contributed by atoms with Crippen molar-refractivity contribution in [1.82, 2.24) is 9.88 Å². The minimum absolute atomic E-state index is 0.132. The van der Waals surface area contributed by atoms with Crippen LogP contribution in [-0.4, -0.2) is 119 Å². The van der Waals surface area contributed by atoms with E-state index in [1.54, 1.807) is 93.8 Å². The van der Waals surface area contributed by atoms with Crippen LogP contribution in [0.4, 0.5) is 4.79 Å². The van der Waals surface area contributed by atoms with E-state index in [0.29, 0.717) is 36.4 Å². The van der Waals surface area contributed by atoms with Crippen LogP contribution in [0.3, 0.4) is 0 Å². The number of amides is 1. The van der Waals surface area contributed by atoms with E-state index in [4.69, 9.17) is 28.4 Å². The Labute approximate surface area is 413 Å². The summed E-state index contributed by atoms with van der Waals surface area (Å²) in [6.45, 7) is 14.6. The first kappa shape index (κ1) is 52.1. The van der Waals surface area contributed by atoms with Crippen LogP contribution in [0.2, 0.25) is 0 Å². The van der Waals surface area contributed by atoms with Gasteiger partial charge < -0.3 is 38.4 Å². The number of methoxy groups -OCH3 is 1. The van der Waals surface area contributed by atoms with Gasteiger partial charge in [-0.15, -0.1) is 0 Å². The predicted octanol–water partition coefficient (Wildman–Crippen LogP) is 8.81. The van der Waals surface area contributed by atoms with Crippen molar-refractivity contribution in [2.75, 3.05) is 32.6 Å². The summed E-state index contributed by atoms with van der Waals surface area (Å²) in [6.07, 6.45) is -3.34. The fourth-order valence-corrected chi connectivity index (χ4v) is 13.4. The number of nitrogens with zero attached hydrogens (tertiary/aromatic N) is 2. The molecule has 1 amide bonds. The van der Waals surface area contributed by atoms with Crippen LogP contribution in [-0.2, 0) is 42.8 Å². The zero-order chi connectivity index (χ0) is 49.9. The largest absolute Gasteiger partial charge is 0.455 e. The normalized spacial score (nSPS) is 29.9. The van der Waals surface area contributed by atoms with Crippen LogP contribution < -0.4 is 0 Å². The van der Waals surface area contributed by atoms with Crippen molar-refractivity contribution < 1.29 is 57.5 Å². The van der Waals surface area contributed by atoms with Gasteiger partial charge in [0.05, 0.1) is 29.6 Å². The van der Waals surface area contributed by atoms with E-state index in [1.165, 1.54) is 24.8 Å². The summed E-state index contributed by atoms with van der Waals surface area (Å²) in [5, 5.41) is 14.8. The van der Waals surface area contributed by atoms with Crippen molar-refractivity contribution in [1.29, 1.82) is 0 Å². The molecule has 3 aliphatic carbocycles. The molecular formula is C53H66N2O12S2. The molecule has 11 atom stereocenters. The highest BCUT2D eigenvalue weighted by Crippen LogP contribution is 2.65. The minimum Gasteiger partial charge on any atom is -0.455 e. The quantitative estimate of drug-likeness (QED) is 0.0446. The number of fused-ring (bicyclic) bond motifs is 5. The van der Waals surface area contributed by atoms with E-state index < -0.39 is 94.3 Å². The standard InChI is InChI=1S/C53H66N2O12S2/c1-10-11-26-55(27-28-68-69-41-24-18-19-25-54-41)49(60)65-43(32(2)36-20-14-12-15-21-36)48(59)64-38-30-53(61)46(66-47(58)37-22-16-13-17-23-37)44-51(8,45(57)34(4)42(33(38)3)50(53,6)7)39(62-9)29-40-52(44,31-63-40)67-35(5)56/h12-25,32,34,38-40,43-44,46,61H,10-11,26-31H2,1-9H3/t32-,34+,38?,39?,40+,43+,44-,46-,51?,52-,53+/m0/s1. The lowest BCUT2D eigenvalue weighted by molar-refractivity contribution is -0.346. The second kappa shape index (κ2) is 21.3. The monoisotopic (exact) mass is 986 g/mol. The minimum atomic E-state index is -2.11. The van der Waals surface area contributed by atoms with Crippen LogP contribution in [0.1, 0.15) is 103 Å². The van der Waals surface area contributed by atoms with Crippen molar-refractivity contribution in [2.24, 2.45) is 22.7 Å². The SMILES string of the molecule is CCCCN(CCSSc1ccccn1)C(=O)O[C@@H](C(=O)OC1C[C@@]2(O)[C@@H](OC(=O)c3ccccc3)[C@H]3C(C)(C(=O)[C@H](C)C(=C1C)C2(C)C)C(OC)C[C@H]1OC[C@]13OC(C)=O)[C@@H](C)c1ccccc1. The fourth-order valence-electron chi connectivity index (χ4n) is 11.6. The Balaban J connectivity index is 1.29. The lowest BCUT2D eigenvalue weighted by atomic mass is 9.43. The van der Waals surface area contributed by atoms with Gasteiger partial charge in [0.15, 0.2) is 5.60 Å². The van der Waals surface area contributed by atoms with E-state index in [-0.39, 0.29) is 30.8 Å². The summed E-state index contributed by atoms with van der Waals surface area (Å²) >= 11 is 0. The number of esters is 3. The van der Waals surface area contributed by atoms with Gasteiger partial charge in [-0.25, -0.2) is 19.4 Å². The zero-order valence-corrected chi connectivity index (χ0v) is 42.6. The number of ketones is 1. The Hall–Kier alpha value is -4.74. The van der Waals surface area contributed by atoms with Crippen LogP contribution in [0, 0.1) is 22.7 Å². The summed E-state index contributed by atoms with van der Waals surface area (Å²) < 4.78 is 37.9. The van der Waals surface area contributed by atoms with Gasteiger partial charge >= 0.3 is 24.0 Å². The molecule has 0 spiro atoms. The molecule has 1 aliphatic heterocycles. The lowest BCUT2D eigenvalue weighted by Crippen LogP contribution is -2.81. The summed E-state index contributed by atoms with van der Waals surface area (Å²) in [6, 6.07) is 23.2. The number of rotatable bonds is 17. The van der Waals surface area contributed by atoms with Crippen molar-refractivity contribution in [3.05, 3.63) is 107 Å². The Morgan fingerprint density at radius 2 is 1.65 bits per heavy atom. The van der Waals surface area contributed by atoms with Gasteiger partial charge in [-0.3, -0.25) is 9.59 Å². The second-order valence-corrected chi connectivity index (χ2v) is 22.0. The maximum atomic E-state index is 15.7. The van der Waals surface area contributed by atoms with Crippen molar-refractivity contribution in [2.45, 2.75) is 134 Å². The first-order chi connectivity index (χ1) is 32.8. The van der Waals surface area contributed by atoms with Crippen molar-refractivity contribution in [3.63, 3.8) is 0 Å². The van der Waals surface area contributed by atoms with Gasteiger partial charge in [0, 0.05) is 69.2 Å². The molecule has 7 rings (SSSR count). The third kappa shape index (κ3) is 9.85. The molecule has 2 bridgehead atoms. The number of Topliss-reactive ketones (excluding diaryl/α,β-unsaturated/α-hetero) is 1. The topological polar surface area (TPSA) is 177 Å². The number of ether oxygens (including phenoxy) is 6. The molecule has 3 aromatic rings. The molecule has 372 valence electrons. The molecule has 3 fully saturated rings.